The van der Waals surface area contributed by atoms with Crippen molar-refractivity contribution in [3.8, 4) is 0 Å². The van der Waals surface area contributed by atoms with Crippen LogP contribution < -0.4 is 5.32 Å². The summed E-state index contributed by atoms with van der Waals surface area (Å²) in [6.45, 7) is 5.89. The van der Waals surface area contributed by atoms with Crippen LogP contribution in [0.2, 0.25) is 0 Å². The standard InChI is InChI=1S/C15H21N3O2/c1-11-2-3-13(10-14(11)18(19)20)15(12-4-5-12)17-8-6-16-7-9-17/h2-3,10,12,15-16H,4-9H2,1H3/t15-/m0/s1. The Hall–Kier alpha value is -1.46. The largest absolute Gasteiger partial charge is 0.314 e. The Bertz CT molecular complexity index is 508. The molecule has 1 atom stereocenters. The van der Waals surface area contributed by atoms with E-state index in [2.05, 4.69) is 16.3 Å². The van der Waals surface area contributed by atoms with E-state index < -0.39 is 0 Å². The first-order valence-electron chi connectivity index (χ1n) is 7.36. The number of hydrogen-bond donors (Lipinski definition) is 1. The zero-order chi connectivity index (χ0) is 14.1. The van der Waals surface area contributed by atoms with Gasteiger partial charge in [0.1, 0.15) is 0 Å². The summed E-state index contributed by atoms with van der Waals surface area (Å²) in [7, 11) is 0. The molecule has 3 rings (SSSR count). The third-order valence-corrected chi connectivity index (χ3v) is 4.38. The molecule has 1 aromatic carbocycles. The van der Waals surface area contributed by atoms with Crippen molar-refractivity contribution in [2.45, 2.75) is 25.8 Å². The van der Waals surface area contributed by atoms with Gasteiger partial charge in [-0.3, -0.25) is 15.0 Å². The fourth-order valence-electron chi connectivity index (χ4n) is 3.16. The number of rotatable bonds is 4. The van der Waals surface area contributed by atoms with Crippen LogP contribution in [0.3, 0.4) is 0 Å². The van der Waals surface area contributed by atoms with Gasteiger partial charge in [-0.1, -0.05) is 12.1 Å². The Morgan fingerprint density at radius 3 is 2.65 bits per heavy atom. The number of benzene rings is 1. The maximum atomic E-state index is 11.1. The predicted octanol–water partition coefficient (Wildman–Crippen LogP) is 2.26. The fraction of sp³-hybridized carbons (Fsp3) is 0.600. The summed E-state index contributed by atoms with van der Waals surface area (Å²) >= 11 is 0. The van der Waals surface area contributed by atoms with Gasteiger partial charge < -0.3 is 5.32 Å². The Labute approximate surface area is 119 Å². The average molecular weight is 275 g/mol. The van der Waals surface area contributed by atoms with Gasteiger partial charge in [-0.15, -0.1) is 0 Å². The fourth-order valence-corrected chi connectivity index (χ4v) is 3.16. The van der Waals surface area contributed by atoms with Crippen molar-refractivity contribution in [3.05, 3.63) is 39.4 Å². The molecule has 0 spiro atoms. The minimum atomic E-state index is -0.263. The molecule has 0 aromatic heterocycles. The van der Waals surface area contributed by atoms with Crippen molar-refractivity contribution in [2.24, 2.45) is 5.92 Å². The molecule has 1 saturated carbocycles. The topological polar surface area (TPSA) is 58.4 Å². The molecule has 20 heavy (non-hydrogen) atoms. The summed E-state index contributed by atoms with van der Waals surface area (Å²) in [5.41, 5.74) is 2.11. The molecule has 1 aliphatic heterocycles. The van der Waals surface area contributed by atoms with E-state index in [0.29, 0.717) is 12.0 Å². The first-order chi connectivity index (χ1) is 9.66. The van der Waals surface area contributed by atoms with E-state index in [1.54, 1.807) is 13.0 Å². The minimum absolute atomic E-state index is 0.253. The van der Waals surface area contributed by atoms with E-state index in [-0.39, 0.29) is 10.6 Å². The van der Waals surface area contributed by atoms with E-state index in [1.807, 2.05) is 6.07 Å². The Morgan fingerprint density at radius 1 is 1.35 bits per heavy atom. The van der Waals surface area contributed by atoms with Gasteiger partial charge in [-0.2, -0.15) is 0 Å². The zero-order valence-electron chi connectivity index (χ0n) is 11.8. The number of piperazine rings is 1. The summed E-state index contributed by atoms with van der Waals surface area (Å²) < 4.78 is 0. The van der Waals surface area contributed by atoms with Crippen LogP contribution >= 0.6 is 0 Å². The Balaban J connectivity index is 1.91. The predicted molar refractivity (Wildman–Crippen MR) is 77.7 cm³/mol. The van der Waals surface area contributed by atoms with Crippen LogP contribution in [-0.2, 0) is 0 Å². The van der Waals surface area contributed by atoms with Crippen LogP contribution in [0.5, 0.6) is 0 Å². The second-order valence-corrected chi connectivity index (χ2v) is 5.87. The molecule has 0 unspecified atom stereocenters. The van der Waals surface area contributed by atoms with Crippen LogP contribution in [-0.4, -0.2) is 36.0 Å². The normalized spacial score (nSPS) is 21.6. The summed E-state index contributed by atoms with van der Waals surface area (Å²) in [6.07, 6.45) is 2.49. The van der Waals surface area contributed by atoms with Crippen molar-refractivity contribution in [2.75, 3.05) is 26.2 Å². The van der Waals surface area contributed by atoms with Gasteiger partial charge in [0.05, 0.1) is 4.92 Å². The molecule has 108 valence electrons. The molecule has 1 aromatic rings. The smallest absolute Gasteiger partial charge is 0.272 e. The van der Waals surface area contributed by atoms with Gasteiger partial charge in [-0.25, -0.2) is 0 Å². The molecule has 2 aliphatic rings. The highest BCUT2D eigenvalue weighted by atomic mass is 16.6. The molecule has 1 aliphatic carbocycles. The monoisotopic (exact) mass is 275 g/mol. The van der Waals surface area contributed by atoms with E-state index >= 15 is 0 Å². The van der Waals surface area contributed by atoms with E-state index in [0.717, 1.165) is 37.3 Å². The van der Waals surface area contributed by atoms with Crippen LogP contribution in [0.1, 0.15) is 30.0 Å². The summed E-state index contributed by atoms with van der Waals surface area (Å²) in [4.78, 5) is 13.4. The molecule has 5 nitrogen and oxygen atoms in total. The minimum Gasteiger partial charge on any atom is -0.314 e. The van der Waals surface area contributed by atoms with Gasteiger partial charge in [0.25, 0.3) is 5.69 Å². The van der Waals surface area contributed by atoms with Crippen molar-refractivity contribution >= 4 is 5.69 Å². The van der Waals surface area contributed by atoms with Crippen LogP contribution in [0.15, 0.2) is 18.2 Å². The highest BCUT2D eigenvalue weighted by Crippen LogP contribution is 2.45. The number of nitro benzene ring substituents is 1. The number of hydrogen-bond acceptors (Lipinski definition) is 4. The lowest BCUT2D eigenvalue weighted by Crippen LogP contribution is -2.45. The van der Waals surface area contributed by atoms with Crippen LogP contribution in [0.25, 0.3) is 0 Å². The van der Waals surface area contributed by atoms with Crippen molar-refractivity contribution in [3.63, 3.8) is 0 Å². The maximum absolute atomic E-state index is 11.1. The first-order valence-corrected chi connectivity index (χ1v) is 7.36. The highest BCUT2D eigenvalue weighted by molar-refractivity contribution is 5.43. The zero-order valence-corrected chi connectivity index (χ0v) is 11.8. The molecule has 5 heteroatoms. The first kappa shape index (κ1) is 13.5. The molecule has 1 heterocycles. The van der Waals surface area contributed by atoms with Gasteiger partial charge >= 0.3 is 0 Å². The molecular formula is C15H21N3O2. The quantitative estimate of drug-likeness (QED) is 0.676. The van der Waals surface area contributed by atoms with Crippen molar-refractivity contribution < 1.29 is 4.92 Å². The Kier molecular flexibility index (Phi) is 3.72. The summed E-state index contributed by atoms with van der Waals surface area (Å²) in [5, 5.41) is 14.5. The molecule has 0 radical (unpaired) electrons. The number of aryl methyl sites for hydroxylation is 1. The number of nitrogens with one attached hydrogen (secondary N) is 1. The molecule has 0 bridgehead atoms. The third-order valence-electron chi connectivity index (χ3n) is 4.38. The van der Waals surface area contributed by atoms with E-state index in [1.165, 1.54) is 12.8 Å². The third kappa shape index (κ3) is 2.69. The van der Waals surface area contributed by atoms with Gasteiger partial charge in [0.15, 0.2) is 0 Å². The second-order valence-electron chi connectivity index (χ2n) is 5.87. The molecule has 2 fully saturated rings. The number of nitrogens with zero attached hydrogens (tertiary/aromatic N) is 2. The lowest BCUT2D eigenvalue weighted by Gasteiger charge is -2.35. The molecule has 0 amide bonds. The maximum Gasteiger partial charge on any atom is 0.272 e. The van der Waals surface area contributed by atoms with E-state index in [9.17, 15) is 10.1 Å². The van der Waals surface area contributed by atoms with Gasteiger partial charge in [-0.05, 0) is 31.2 Å². The van der Waals surface area contributed by atoms with E-state index in [4.69, 9.17) is 0 Å². The summed E-state index contributed by atoms with van der Waals surface area (Å²) in [6, 6.07) is 6.12. The lowest BCUT2D eigenvalue weighted by molar-refractivity contribution is -0.385. The summed E-state index contributed by atoms with van der Waals surface area (Å²) in [5.74, 6) is 0.676. The second kappa shape index (κ2) is 5.50. The molecule has 1 saturated heterocycles. The van der Waals surface area contributed by atoms with Gasteiger partial charge in [0.2, 0.25) is 0 Å². The molecular weight excluding hydrogens is 254 g/mol. The van der Waals surface area contributed by atoms with Crippen molar-refractivity contribution in [1.82, 2.24) is 10.2 Å². The number of nitro groups is 1. The molecule has 1 N–H and O–H groups in total. The van der Waals surface area contributed by atoms with Crippen LogP contribution in [0, 0.1) is 23.0 Å². The highest BCUT2D eigenvalue weighted by Gasteiger charge is 2.37. The SMILES string of the molecule is Cc1ccc([C@H](C2CC2)N2CCNCC2)cc1[N+](=O)[O-]. The van der Waals surface area contributed by atoms with Crippen molar-refractivity contribution in [1.29, 1.82) is 0 Å². The lowest BCUT2D eigenvalue weighted by atomic mass is 9.97. The Morgan fingerprint density at radius 2 is 2.05 bits per heavy atom. The van der Waals surface area contributed by atoms with Crippen LogP contribution in [0.4, 0.5) is 5.69 Å². The average Bonchev–Trinajstić information content (AvgIpc) is 3.26. The van der Waals surface area contributed by atoms with Gasteiger partial charge in [0, 0.05) is 43.9 Å².